The van der Waals surface area contributed by atoms with Crippen LogP contribution in [0.3, 0.4) is 0 Å². The van der Waals surface area contributed by atoms with Gasteiger partial charge < -0.3 is 0 Å². The third kappa shape index (κ3) is 4.28. The van der Waals surface area contributed by atoms with Gasteiger partial charge in [0.05, 0.1) is 0 Å². The second-order valence-corrected chi connectivity index (χ2v) is 11.4. The summed E-state index contributed by atoms with van der Waals surface area (Å²) in [6.07, 6.45) is 4.53. The molecule has 37 heavy (non-hydrogen) atoms. The molecule has 0 saturated carbocycles. The maximum Gasteiger partial charge on any atom is 0.0181 e. The lowest BCUT2D eigenvalue weighted by Crippen LogP contribution is -2.14. The van der Waals surface area contributed by atoms with Crippen LogP contribution in [0.5, 0.6) is 0 Å². The fourth-order valence-corrected chi connectivity index (χ4v) is 6.10. The molecule has 0 radical (unpaired) electrons. The molecule has 0 amide bonds. The summed E-state index contributed by atoms with van der Waals surface area (Å²) < 4.78 is 1.09. The molecule has 0 spiro atoms. The van der Waals surface area contributed by atoms with Crippen LogP contribution in [0.25, 0.3) is 45.5 Å². The quantitative estimate of drug-likeness (QED) is 0.199. The van der Waals surface area contributed by atoms with Crippen molar-refractivity contribution in [3.8, 4) is 33.4 Å². The fourth-order valence-electron chi connectivity index (χ4n) is 5.70. The molecule has 0 aromatic heterocycles. The Labute approximate surface area is 228 Å². The van der Waals surface area contributed by atoms with Gasteiger partial charge in [0.15, 0.2) is 0 Å². The first-order valence-corrected chi connectivity index (χ1v) is 13.6. The van der Waals surface area contributed by atoms with E-state index < -0.39 is 0 Å². The van der Waals surface area contributed by atoms with Gasteiger partial charge in [-0.15, -0.1) is 0 Å². The Hall–Kier alpha value is -3.68. The minimum absolute atomic E-state index is 0.0322. The van der Waals surface area contributed by atoms with Crippen LogP contribution >= 0.6 is 15.9 Å². The smallest absolute Gasteiger partial charge is 0.0181 e. The van der Waals surface area contributed by atoms with Crippen LogP contribution in [0.4, 0.5) is 0 Å². The van der Waals surface area contributed by atoms with Crippen molar-refractivity contribution >= 4 is 28.1 Å². The predicted molar refractivity (Wildman–Crippen MR) is 163 cm³/mol. The molecule has 1 heteroatoms. The Morgan fingerprint density at radius 2 is 1.30 bits per heavy atom. The van der Waals surface area contributed by atoms with Gasteiger partial charge >= 0.3 is 0 Å². The largest absolute Gasteiger partial charge is 0.0620 e. The van der Waals surface area contributed by atoms with Gasteiger partial charge in [0, 0.05) is 9.89 Å². The normalized spacial score (nSPS) is 13.5. The van der Waals surface area contributed by atoms with Crippen LogP contribution in [0.15, 0.2) is 114 Å². The molecule has 0 atom stereocenters. The molecule has 0 unspecified atom stereocenters. The van der Waals surface area contributed by atoms with Crippen LogP contribution in [0.2, 0.25) is 0 Å². The van der Waals surface area contributed by atoms with Gasteiger partial charge in [-0.25, -0.2) is 0 Å². The molecule has 180 valence electrons. The minimum Gasteiger partial charge on any atom is -0.0620 e. The molecule has 5 aromatic carbocycles. The third-order valence-corrected chi connectivity index (χ3v) is 8.20. The van der Waals surface area contributed by atoms with Gasteiger partial charge in [-0.05, 0) is 92.4 Å². The molecule has 0 bridgehead atoms. The van der Waals surface area contributed by atoms with E-state index in [1.807, 2.05) is 0 Å². The first-order valence-electron chi connectivity index (χ1n) is 12.8. The monoisotopic (exact) mass is 540 g/mol. The van der Waals surface area contributed by atoms with Gasteiger partial charge in [-0.1, -0.05) is 127 Å². The molecule has 0 fully saturated rings. The minimum atomic E-state index is 0.0322. The van der Waals surface area contributed by atoms with Crippen molar-refractivity contribution in [1.82, 2.24) is 0 Å². The number of hydrogen-bond acceptors (Lipinski definition) is 0. The van der Waals surface area contributed by atoms with E-state index in [0.717, 1.165) is 4.47 Å². The molecule has 0 N–H and O–H groups in total. The third-order valence-electron chi connectivity index (χ3n) is 7.71. The lowest BCUT2D eigenvalue weighted by atomic mass is 9.82. The molecule has 0 saturated heterocycles. The van der Waals surface area contributed by atoms with Gasteiger partial charge in [-0.2, -0.15) is 0 Å². The van der Waals surface area contributed by atoms with E-state index in [2.05, 4.69) is 158 Å². The molecular weight excluding hydrogens is 512 g/mol. The van der Waals surface area contributed by atoms with Crippen molar-refractivity contribution in [2.24, 2.45) is 0 Å². The summed E-state index contributed by atoms with van der Waals surface area (Å²) in [6.45, 7) is 6.84. The summed E-state index contributed by atoms with van der Waals surface area (Å²) in [6, 6.07) is 39.7. The van der Waals surface area contributed by atoms with E-state index in [1.165, 1.54) is 61.2 Å². The zero-order valence-corrected chi connectivity index (χ0v) is 23.0. The molecule has 1 aliphatic carbocycles. The van der Waals surface area contributed by atoms with Gasteiger partial charge in [-0.3, -0.25) is 0 Å². The summed E-state index contributed by atoms with van der Waals surface area (Å²) >= 11 is 3.63. The Morgan fingerprint density at radius 3 is 2.11 bits per heavy atom. The second kappa shape index (κ2) is 9.32. The Bertz CT molecular complexity index is 1670. The van der Waals surface area contributed by atoms with E-state index >= 15 is 0 Å². The maximum absolute atomic E-state index is 3.63. The Morgan fingerprint density at radius 1 is 0.568 bits per heavy atom. The predicted octanol–water partition coefficient (Wildman–Crippen LogP) is 10.6. The molecule has 5 aromatic rings. The topological polar surface area (TPSA) is 0 Å². The molecular formula is C36H29Br. The number of hydrogen-bond donors (Lipinski definition) is 0. The number of halogens is 1. The highest BCUT2D eigenvalue weighted by Gasteiger charge is 2.34. The Balaban J connectivity index is 1.45. The summed E-state index contributed by atoms with van der Waals surface area (Å²) in [7, 11) is 0. The molecule has 0 aliphatic heterocycles. The summed E-state index contributed by atoms with van der Waals surface area (Å²) in [5, 5.41) is 0. The van der Waals surface area contributed by atoms with Gasteiger partial charge in [0.25, 0.3) is 0 Å². The second-order valence-electron chi connectivity index (χ2n) is 10.4. The lowest BCUT2D eigenvalue weighted by molar-refractivity contribution is 0.660. The highest BCUT2D eigenvalue weighted by molar-refractivity contribution is 9.10. The number of benzene rings is 5. The molecule has 6 rings (SSSR count). The van der Waals surface area contributed by atoms with Crippen LogP contribution in [-0.4, -0.2) is 0 Å². The van der Waals surface area contributed by atoms with Crippen molar-refractivity contribution in [2.75, 3.05) is 0 Å². The standard InChI is InChI=1S/C36H29Br/c1-24-9-4-5-12-30(24)31-19-18-27(26-10-8-11-29(37)23-26)22-28(31)17-15-25-16-20-35-33(21-25)32-13-6-7-14-34(32)36(35,2)3/h4-23H,1-3H3/b17-15-. The highest BCUT2D eigenvalue weighted by Crippen LogP contribution is 2.48. The first-order chi connectivity index (χ1) is 17.9. The summed E-state index contributed by atoms with van der Waals surface area (Å²) in [5.41, 5.74) is 14.2. The number of fused-ring (bicyclic) bond motifs is 3. The van der Waals surface area contributed by atoms with Crippen molar-refractivity contribution in [3.63, 3.8) is 0 Å². The van der Waals surface area contributed by atoms with E-state index in [1.54, 1.807) is 0 Å². The van der Waals surface area contributed by atoms with Crippen LogP contribution in [0.1, 0.15) is 41.7 Å². The number of aryl methyl sites for hydroxylation is 1. The molecule has 0 nitrogen and oxygen atoms in total. The van der Waals surface area contributed by atoms with Crippen LogP contribution < -0.4 is 0 Å². The summed E-state index contributed by atoms with van der Waals surface area (Å²) in [5.74, 6) is 0. The van der Waals surface area contributed by atoms with Gasteiger partial charge in [0.1, 0.15) is 0 Å². The van der Waals surface area contributed by atoms with Crippen molar-refractivity contribution in [3.05, 3.63) is 141 Å². The van der Waals surface area contributed by atoms with Crippen molar-refractivity contribution < 1.29 is 0 Å². The van der Waals surface area contributed by atoms with E-state index in [9.17, 15) is 0 Å². The zero-order chi connectivity index (χ0) is 25.6. The first kappa shape index (κ1) is 23.7. The van der Waals surface area contributed by atoms with E-state index in [-0.39, 0.29) is 5.41 Å². The Kier molecular flexibility index (Phi) is 5.97. The highest BCUT2D eigenvalue weighted by atomic mass is 79.9. The van der Waals surface area contributed by atoms with E-state index in [0.29, 0.717) is 0 Å². The SMILES string of the molecule is Cc1ccccc1-c1ccc(-c2cccc(Br)c2)cc1/C=C\c1ccc2c(c1)-c1ccccc1C2(C)C. The lowest BCUT2D eigenvalue weighted by Gasteiger charge is -2.21. The fraction of sp³-hybridized carbons (Fsp3) is 0.111. The number of rotatable bonds is 4. The molecule has 0 heterocycles. The maximum atomic E-state index is 3.63. The van der Waals surface area contributed by atoms with Crippen LogP contribution in [0, 0.1) is 6.92 Å². The average Bonchev–Trinajstić information content (AvgIpc) is 3.14. The zero-order valence-electron chi connectivity index (χ0n) is 21.4. The van der Waals surface area contributed by atoms with Crippen molar-refractivity contribution in [1.29, 1.82) is 0 Å². The van der Waals surface area contributed by atoms with Gasteiger partial charge in [0.2, 0.25) is 0 Å². The van der Waals surface area contributed by atoms with Crippen LogP contribution in [-0.2, 0) is 5.41 Å². The average molecular weight is 542 g/mol. The van der Waals surface area contributed by atoms with E-state index in [4.69, 9.17) is 0 Å². The molecule has 1 aliphatic rings. The summed E-state index contributed by atoms with van der Waals surface area (Å²) in [4.78, 5) is 0. The van der Waals surface area contributed by atoms with Crippen molar-refractivity contribution in [2.45, 2.75) is 26.2 Å².